The molecule has 0 bridgehead atoms. The van der Waals surface area contributed by atoms with Crippen LogP contribution in [0.15, 0.2) is 11.1 Å². The first-order chi connectivity index (χ1) is 7.96. The van der Waals surface area contributed by atoms with E-state index in [4.69, 9.17) is 24.8 Å². The second kappa shape index (κ2) is 4.63. The molecule has 94 valence electrons. The molecule has 2 heterocycles. The van der Waals surface area contributed by atoms with Crippen LogP contribution in [0.25, 0.3) is 0 Å². The van der Waals surface area contributed by atoms with E-state index in [1.54, 1.807) is 0 Å². The molecule has 1 aliphatic rings. The SMILES string of the molecule is Nc1ncn(C[C@H]2CO[P+](O)(O)CO2)c(=O)n1. The second-order valence-corrected chi connectivity index (χ2v) is 5.37. The predicted octanol–water partition coefficient (Wildman–Crippen LogP) is -1.66. The maximum Gasteiger partial charge on any atom is 0.434 e. The van der Waals surface area contributed by atoms with E-state index in [0.29, 0.717) is 0 Å². The van der Waals surface area contributed by atoms with Crippen LogP contribution in [0.4, 0.5) is 5.95 Å². The lowest BCUT2D eigenvalue weighted by Gasteiger charge is -2.24. The van der Waals surface area contributed by atoms with E-state index in [-0.39, 0.29) is 25.4 Å². The molecule has 1 fully saturated rings. The van der Waals surface area contributed by atoms with Crippen LogP contribution in [0.3, 0.4) is 0 Å². The van der Waals surface area contributed by atoms with Crippen molar-refractivity contribution in [2.75, 3.05) is 18.7 Å². The van der Waals surface area contributed by atoms with Gasteiger partial charge in [-0.15, -0.1) is 0 Å². The molecule has 17 heavy (non-hydrogen) atoms. The Kier molecular flexibility index (Phi) is 3.36. The average molecular weight is 263 g/mol. The van der Waals surface area contributed by atoms with Crippen molar-refractivity contribution in [1.29, 1.82) is 0 Å². The van der Waals surface area contributed by atoms with Gasteiger partial charge in [0.15, 0.2) is 0 Å². The molecule has 0 unspecified atom stereocenters. The van der Waals surface area contributed by atoms with Crippen LogP contribution in [0.2, 0.25) is 0 Å². The zero-order chi connectivity index (χ0) is 12.5. The van der Waals surface area contributed by atoms with Crippen molar-refractivity contribution in [1.82, 2.24) is 14.5 Å². The van der Waals surface area contributed by atoms with E-state index < -0.39 is 19.7 Å². The smallest absolute Gasteiger partial charge is 0.368 e. The van der Waals surface area contributed by atoms with Crippen molar-refractivity contribution >= 4 is 13.9 Å². The Morgan fingerprint density at radius 3 is 3.00 bits per heavy atom. The van der Waals surface area contributed by atoms with E-state index in [0.717, 1.165) is 0 Å². The van der Waals surface area contributed by atoms with Gasteiger partial charge >= 0.3 is 13.6 Å². The Morgan fingerprint density at radius 2 is 2.41 bits per heavy atom. The summed E-state index contributed by atoms with van der Waals surface area (Å²) >= 11 is 0. The Balaban J connectivity index is 2.00. The number of nitrogens with zero attached hydrogens (tertiary/aromatic N) is 3. The third kappa shape index (κ3) is 3.18. The van der Waals surface area contributed by atoms with Gasteiger partial charge in [0.05, 0.1) is 6.54 Å². The minimum absolute atomic E-state index is 0.00239. The molecule has 10 heteroatoms. The lowest BCUT2D eigenvalue weighted by atomic mass is 10.4. The number of anilines is 1. The fourth-order valence-electron chi connectivity index (χ4n) is 1.31. The molecular formula is C7H12N4O5P+. The minimum Gasteiger partial charge on any atom is -0.368 e. The molecular weight excluding hydrogens is 251 g/mol. The van der Waals surface area contributed by atoms with E-state index in [2.05, 4.69) is 9.97 Å². The fraction of sp³-hybridized carbons (Fsp3) is 0.571. The molecule has 9 nitrogen and oxygen atoms in total. The van der Waals surface area contributed by atoms with Crippen molar-refractivity contribution in [2.24, 2.45) is 0 Å². The van der Waals surface area contributed by atoms with Gasteiger partial charge in [0.1, 0.15) is 19.0 Å². The van der Waals surface area contributed by atoms with Gasteiger partial charge in [-0.3, -0.25) is 4.57 Å². The van der Waals surface area contributed by atoms with Crippen LogP contribution >= 0.6 is 7.94 Å². The number of nitrogens with two attached hydrogens (primary N) is 1. The summed E-state index contributed by atoms with van der Waals surface area (Å²) in [6.07, 6.45) is 0.526. The molecule has 0 amide bonds. The zero-order valence-electron chi connectivity index (χ0n) is 8.76. The summed E-state index contributed by atoms with van der Waals surface area (Å²) in [6, 6.07) is 0. The summed E-state index contributed by atoms with van der Waals surface area (Å²) < 4.78 is 11.2. The molecule has 4 N–H and O–H groups in total. The molecule has 1 aliphatic heterocycles. The summed E-state index contributed by atoms with van der Waals surface area (Å²) in [5, 5.41) is 0. The highest BCUT2D eigenvalue weighted by Gasteiger charge is 2.42. The highest BCUT2D eigenvalue weighted by Crippen LogP contribution is 2.53. The van der Waals surface area contributed by atoms with Crippen molar-refractivity contribution < 1.29 is 19.0 Å². The zero-order valence-corrected chi connectivity index (χ0v) is 9.66. The number of rotatable bonds is 2. The highest BCUT2D eigenvalue weighted by atomic mass is 31.2. The number of aromatic nitrogens is 3. The molecule has 1 aromatic rings. The lowest BCUT2D eigenvalue weighted by molar-refractivity contribution is -0.0180. The summed E-state index contributed by atoms with van der Waals surface area (Å²) in [7, 11) is -3.36. The van der Waals surface area contributed by atoms with Crippen molar-refractivity contribution in [3.63, 3.8) is 0 Å². The van der Waals surface area contributed by atoms with Gasteiger partial charge in [-0.2, -0.15) is 19.3 Å². The van der Waals surface area contributed by atoms with Crippen LogP contribution < -0.4 is 11.4 Å². The average Bonchev–Trinajstić information content (AvgIpc) is 2.25. The molecule has 0 aromatic carbocycles. The van der Waals surface area contributed by atoms with E-state index >= 15 is 0 Å². The van der Waals surface area contributed by atoms with Gasteiger partial charge in [0, 0.05) is 0 Å². The molecule has 0 saturated carbocycles. The van der Waals surface area contributed by atoms with Gasteiger partial charge in [-0.25, -0.2) is 9.78 Å². The van der Waals surface area contributed by atoms with E-state index in [1.165, 1.54) is 10.9 Å². The monoisotopic (exact) mass is 263 g/mol. The van der Waals surface area contributed by atoms with Crippen LogP contribution in [-0.4, -0.2) is 43.4 Å². The molecule has 0 spiro atoms. The normalized spacial score (nSPS) is 23.5. The van der Waals surface area contributed by atoms with Gasteiger partial charge in [0.2, 0.25) is 12.3 Å². The third-order valence-electron chi connectivity index (χ3n) is 2.13. The first kappa shape index (κ1) is 12.3. The number of hydrogen-bond donors (Lipinski definition) is 3. The van der Waals surface area contributed by atoms with E-state index in [1.807, 2.05) is 0 Å². The summed E-state index contributed by atoms with van der Waals surface area (Å²) in [5.41, 5.74) is 4.70. The maximum atomic E-state index is 11.4. The van der Waals surface area contributed by atoms with Crippen molar-refractivity contribution in [3.05, 3.63) is 16.8 Å². The maximum absolute atomic E-state index is 11.4. The quantitative estimate of drug-likeness (QED) is 0.540. The minimum atomic E-state index is -3.36. The molecule has 0 aliphatic carbocycles. The predicted molar refractivity (Wildman–Crippen MR) is 57.8 cm³/mol. The summed E-state index contributed by atoms with van der Waals surface area (Å²) in [4.78, 5) is 36.8. The van der Waals surface area contributed by atoms with Crippen LogP contribution in [-0.2, 0) is 15.8 Å². The third-order valence-corrected chi connectivity index (χ3v) is 3.18. The Bertz CT molecular complexity index is 454. The Hall–Kier alpha value is -1.12. The van der Waals surface area contributed by atoms with Gasteiger partial charge in [0.25, 0.3) is 0 Å². The van der Waals surface area contributed by atoms with Crippen LogP contribution in [0.5, 0.6) is 0 Å². The van der Waals surface area contributed by atoms with Gasteiger partial charge in [-0.05, 0) is 0 Å². The van der Waals surface area contributed by atoms with Crippen LogP contribution in [0.1, 0.15) is 0 Å². The molecule has 1 atom stereocenters. The van der Waals surface area contributed by atoms with Gasteiger partial charge < -0.3 is 10.5 Å². The van der Waals surface area contributed by atoms with Gasteiger partial charge in [-0.1, -0.05) is 0 Å². The second-order valence-electron chi connectivity index (χ2n) is 3.53. The molecule has 1 saturated heterocycles. The largest absolute Gasteiger partial charge is 0.434 e. The fourth-order valence-corrected chi connectivity index (χ4v) is 2.19. The Morgan fingerprint density at radius 1 is 1.65 bits per heavy atom. The first-order valence-electron chi connectivity index (χ1n) is 4.75. The Labute approximate surface area is 96.4 Å². The standard InChI is InChI=1S/C7H11N4O5P/c8-6-9-3-11(7(12)10-6)1-5-2-16-17(13,14)4-15-5/h3,5,13-14H,1-2,4H2,(H-,8,10,12)/p+1/t5-/m0/s1. The topological polar surface area (TPSA) is 133 Å². The molecule has 0 radical (unpaired) electrons. The highest BCUT2D eigenvalue weighted by molar-refractivity contribution is 7.59. The number of nitrogen functional groups attached to an aromatic ring is 1. The molecule has 2 rings (SSSR count). The van der Waals surface area contributed by atoms with Crippen LogP contribution in [0, 0.1) is 0 Å². The van der Waals surface area contributed by atoms with E-state index in [9.17, 15) is 4.79 Å². The molecule has 1 aromatic heterocycles. The number of ether oxygens (including phenoxy) is 1. The number of hydrogen-bond acceptors (Lipinski definition) is 8. The first-order valence-corrected chi connectivity index (χ1v) is 6.55. The lowest BCUT2D eigenvalue weighted by Crippen LogP contribution is -2.36. The van der Waals surface area contributed by atoms with Crippen molar-refractivity contribution in [2.45, 2.75) is 12.6 Å². The van der Waals surface area contributed by atoms with Crippen molar-refractivity contribution in [3.8, 4) is 0 Å². The summed E-state index contributed by atoms with van der Waals surface area (Å²) in [5.74, 6) is -0.0947. The summed E-state index contributed by atoms with van der Waals surface area (Å²) in [6.45, 7) is 0.163.